The van der Waals surface area contributed by atoms with Crippen LogP contribution in [0.2, 0.25) is 0 Å². The van der Waals surface area contributed by atoms with Gasteiger partial charge in [0.05, 0.1) is 22.1 Å². The first-order chi connectivity index (χ1) is 9.33. The molecule has 7 heteroatoms. The zero-order valence-corrected chi connectivity index (χ0v) is 11.1. The Balaban J connectivity index is 2.22. The maximum absolute atomic E-state index is 13.3. The van der Waals surface area contributed by atoms with Gasteiger partial charge in [-0.2, -0.15) is 0 Å². The van der Waals surface area contributed by atoms with Gasteiger partial charge in [-0.1, -0.05) is 6.42 Å². The SMILES string of the molecule is CC1(C(=O)Nc2cc(F)cc([N+](=O)[O-])c2)CCCC1N. The molecule has 1 aliphatic rings. The summed E-state index contributed by atoms with van der Waals surface area (Å²) in [7, 11) is 0. The van der Waals surface area contributed by atoms with Gasteiger partial charge in [0.2, 0.25) is 5.91 Å². The summed E-state index contributed by atoms with van der Waals surface area (Å²) in [6, 6.07) is 2.73. The van der Waals surface area contributed by atoms with E-state index in [1.807, 2.05) is 0 Å². The normalized spacial score (nSPS) is 25.4. The maximum atomic E-state index is 13.3. The number of carbonyl (C=O) groups excluding carboxylic acids is 1. The zero-order valence-electron chi connectivity index (χ0n) is 11.1. The number of benzene rings is 1. The van der Waals surface area contributed by atoms with Crippen molar-refractivity contribution in [3.8, 4) is 0 Å². The van der Waals surface area contributed by atoms with Crippen molar-refractivity contribution in [3.63, 3.8) is 0 Å². The third-order valence-electron chi connectivity index (χ3n) is 3.90. The van der Waals surface area contributed by atoms with E-state index in [-0.39, 0.29) is 17.6 Å². The number of nitro benzene ring substituents is 1. The number of hydrogen-bond acceptors (Lipinski definition) is 4. The fraction of sp³-hybridized carbons (Fsp3) is 0.462. The molecule has 0 spiro atoms. The molecule has 6 nitrogen and oxygen atoms in total. The Morgan fingerprint density at radius 2 is 2.25 bits per heavy atom. The second-order valence-electron chi connectivity index (χ2n) is 5.33. The van der Waals surface area contributed by atoms with Crippen molar-refractivity contribution in [2.24, 2.45) is 11.1 Å². The van der Waals surface area contributed by atoms with Crippen LogP contribution in [0.4, 0.5) is 15.8 Å². The molecule has 0 bridgehead atoms. The van der Waals surface area contributed by atoms with Gasteiger partial charge in [-0.05, 0) is 25.8 Å². The van der Waals surface area contributed by atoms with Gasteiger partial charge in [0.25, 0.3) is 5.69 Å². The minimum atomic E-state index is -0.768. The van der Waals surface area contributed by atoms with Gasteiger partial charge in [0, 0.05) is 12.1 Å². The standard InChI is InChI=1S/C13H16FN3O3/c1-13(4-2-3-11(13)15)12(18)16-9-5-8(14)6-10(7-9)17(19)20/h5-7,11H,2-4,15H2,1H3,(H,16,18). The molecule has 0 radical (unpaired) electrons. The number of amides is 1. The number of carbonyl (C=O) groups is 1. The Hall–Kier alpha value is -2.02. The highest BCUT2D eigenvalue weighted by Crippen LogP contribution is 2.37. The molecule has 1 aromatic carbocycles. The van der Waals surface area contributed by atoms with E-state index >= 15 is 0 Å². The van der Waals surface area contributed by atoms with Crippen molar-refractivity contribution in [1.29, 1.82) is 0 Å². The predicted octanol–water partition coefficient (Wildman–Crippen LogP) is 2.19. The zero-order chi connectivity index (χ0) is 14.9. The molecule has 1 aromatic rings. The van der Waals surface area contributed by atoms with E-state index in [0.29, 0.717) is 6.42 Å². The van der Waals surface area contributed by atoms with Crippen molar-refractivity contribution in [3.05, 3.63) is 34.1 Å². The van der Waals surface area contributed by atoms with Gasteiger partial charge in [-0.25, -0.2) is 4.39 Å². The molecule has 0 saturated heterocycles. The van der Waals surface area contributed by atoms with E-state index in [2.05, 4.69) is 5.32 Å². The number of nitro groups is 1. The van der Waals surface area contributed by atoms with Crippen LogP contribution in [-0.2, 0) is 4.79 Å². The van der Waals surface area contributed by atoms with Gasteiger partial charge >= 0.3 is 0 Å². The summed E-state index contributed by atoms with van der Waals surface area (Å²) in [6.07, 6.45) is 2.26. The molecule has 0 aromatic heterocycles. The Labute approximate surface area is 115 Å². The number of rotatable bonds is 3. The lowest BCUT2D eigenvalue weighted by molar-refractivity contribution is -0.385. The predicted molar refractivity (Wildman–Crippen MR) is 71.6 cm³/mol. The molecule has 2 rings (SSSR count). The van der Waals surface area contributed by atoms with Crippen LogP contribution in [0, 0.1) is 21.3 Å². The van der Waals surface area contributed by atoms with E-state index in [1.54, 1.807) is 6.92 Å². The summed E-state index contributed by atoms with van der Waals surface area (Å²) in [5, 5.41) is 13.2. The summed E-state index contributed by atoms with van der Waals surface area (Å²) >= 11 is 0. The van der Waals surface area contributed by atoms with E-state index in [1.165, 1.54) is 0 Å². The molecular weight excluding hydrogens is 265 g/mol. The van der Waals surface area contributed by atoms with Crippen LogP contribution < -0.4 is 11.1 Å². The smallest absolute Gasteiger partial charge is 0.274 e. The average molecular weight is 281 g/mol. The molecule has 1 saturated carbocycles. The van der Waals surface area contributed by atoms with E-state index in [9.17, 15) is 19.3 Å². The lowest BCUT2D eigenvalue weighted by Crippen LogP contribution is -2.44. The Kier molecular flexibility index (Phi) is 3.71. The van der Waals surface area contributed by atoms with E-state index < -0.39 is 21.8 Å². The van der Waals surface area contributed by atoms with Crippen LogP contribution in [0.3, 0.4) is 0 Å². The molecule has 3 N–H and O–H groups in total. The highest BCUT2D eigenvalue weighted by molar-refractivity contribution is 5.96. The first-order valence-corrected chi connectivity index (χ1v) is 6.35. The summed E-state index contributed by atoms with van der Waals surface area (Å²) < 4.78 is 13.3. The topological polar surface area (TPSA) is 98.3 Å². The largest absolute Gasteiger partial charge is 0.327 e. The van der Waals surface area contributed by atoms with Gasteiger partial charge in [0.1, 0.15) is 5.82 Å². The number of non-ortho nitro benzene ring substituents is 1. The maximum Gasteiger partial charge on any atom is 0.274 e. The van der Waals surface area contributed by atoms with Crippen LogP contribution in [0.1, 0.15) is 26.2 Å². The summed E-state index contributed by atoms with van der Waals surface area (Å²) in [5.74, 6) is -1.10. The molecule has 2 unspecified atom stereocenters. The number of anilines is 1. The molecule has 0 heterocycles. The molecule has 108 valence electrons. The van der Waals surface area contributed by atoms with Crippen molar-refractivity contribution < 1.29 is 14.1 Å². The van der Waals surface area contributed by atoms with Crippen molar-refractivity contribution in [2.75, 3.05) is 5.32 Å². The van der Waals surface area contributed by atoms with Gasteiger partial charge < -0.3 is 11.1 Å². The second kappa shape index (κ2) is 5.16. The molecule has 1 amide bonds. The minimum absolute atomic E-state index is 0.0713. The number of nitrogens with one attached hydrogen (secondary N) is 1. The first kappa shape index (κ1) is 14.4. The molecule has 0 aliphatic heterocycles. The fourth-order valence-corrected chi connectivity index (χ4v) is 2.50. The number of nitrogens with zero attached hydrogens (tertiary/aromatic N) is 1. The molecule has 1 aliphatic carbocycles. The second-order valence-corrected chi connectivity index (χ2v) is 5.33. The highest BCUT2D eigenvalue weighted by atomic mass is 19.1. The van der Waals surface area contributed by atoms with Crippen molar-refractivity contribution in [2.45, 2.75) is 32.2 Å². The van der Waals surface area contributed by atoms with Gasteiger partial charge in [-0.3, -0.25) is 14.9 Å². The average Bonchev–Trinajstić information content (AvgIpc) is 2.70. The Morgan fingerprint density at radius 3 is 2.80 bits per heavy atom. The first-order valence-electron chi connectivity index (χ1n) is 6.35. The van der Waals surface area contributed by atoms with E-state index in [0.717, 1.165) is 31.0 Å². The van der Waals surface area contributed by atoms with Gasteiger partial charge in [-0.15, -0.1) is 0 Å². The van der Waals surface area contributed by atoms with Crippen LogP contribution >= 0.6 is 0 Å². The monoisotopic (exact) mass is 281 g/mol. The van der Waals surface area contributed by atoms with Crippen LogP contribution in [0.5, 0.6) is 0 Å². The van der Waals surface area contributed by atoms with Crippen molar-refractivity contribution >= 4 is 17.3 Å². The third kappa shape index (κ3) is 2.62. The minimum Gasteiger partial charge on any atom is -0.327 e. The Bertz CT molecular complexity index is 564. The molecule has 1 fully saturated rings. The Morgan fingerprint density at radius 1 is 1.55 bits per heavy atom. The third-order valence-corrected chi connectivity index (χ3v) is 3.90. The van der Waals surface area contributed by atoms with Gasteiger partial charge in [0.15, 0.2) is 0 Å². The quantitative estimate of drug-likeness (QED) is 0.655. The van der Waals surface area contributed by atoms with Crippen molar-refractivity contribution in [1.82, 2.24) is 0 Å². The summed E-state index contributed by atoms with van der Waals surface area (Å²) in [6.45, 7) is 1.76. The number of hydrogen-bond donors (Lipinski definition) is 2. The molecule has 2 atom stereocenters. The molecular formula is C13H16FN3O3. The number of nitrogens with two attached hydrogens (primary N) is 1. The molecule has 20 heavy (non-hydrogen) atoms. The lowest BCUT2D eigenvalue weighted by Gasteiger charge is -2.27. The summed E-state index contributed by atoms with van der Waals surface area (Å²) in [4.78, 5) is 22.2. The van der Waals surface area contributed by atoms with E-state index in [4.69, 9.17) is 5.73 Å². The lowest BCUT2D eigenvalue weighted by atomic mass is 9.84. The highest BCUT2D eigenvalue weighted by Gasteiger charge is 2.43. The van der Waals surface area contributed by atoms with Crippen LogP contribution in [-0.4, -0.2) is 16.9 Å². The van der Waals surface area contributed by atoms with Crippen LogP contribution in [0.15, 0.2) is 18.2 Å². The fourth-order valence-electron chi connectivity index (χ4n) is 2.50. The summed E-state index contributed by atoms with van der Waals surface area (Å²) in [5.41, 5.74) is 4.88. The van der Waals surface area contributed by atoms with Crippen LogP contribution in [0.25, 0.3) is 0 Å². The number of halogens is 1.